The van der Waals surface area contributed by atoms with E-state index < -0.39 is 43.6 Å². The lowest BCUT2D eigenvalue weighted by Crippen LogP contribution is -2.65. The predicted molar refractivity (Wildman–Crippen MR) is 109 cm³/mol. The van der Waals surface area contributed by atoms with Gasteiger partial charge in [0.05, 0.1) is 10.3 Å². The Morgan fingerprint density at radius 3 is 2.23 bits per heavy atom. The first-order valence-corrected chi connectivity index (χ1v) is 12.5. The van der Waals surface area contributed by atoms with Gasteiger partial charge in [0.15, 0.2) is 15.4 Å². The van der Waals surface area contributed by atoms with Crippen LogP contribution in [0.3, 0.4) is 0 Å². The van der Waals surface area contributed by atoms with Gasteiger partial charge in [0, 0.05) is 12.3 Å². The lowest BCUT2D eigenvalue weighted by Gasteiger charge is -2.59. The molecular weight excluding hydrogens is 431 g/mol. The first-order chi connectivity index (χ1) is 14.2. The number of halogens is 3. The predicted octanol–water partition coefficient (Wildman–Crippen LogP) is 3.97. The molecule has 4 fully saturated rings. The highest BCUT2D eigenvalue weighted by Gasteiger charge is 2.60. The molecule has 2 atom stereocenters. The smallest absolute Gasteiger partial charge is 0.419 e. The molecule has 0 saturated heterocycles. The molecule has 0 spiro atoms. The van der Waals surface area contributed by atoms with Crippen molar-refractivity contribution in [3.05, 3.63) is 29.8 Å². The lowest BCUT2D eigenvalue weighted by atomic mass is 9.53. The van der Waals surface area contributed by atoms with E-state index in [1.807, 2.05) is 0 Å². The summed E-state index contributed by atoms with van der Waals surface area (Å²) in [7, 11) is -3.21. The molecule has 1 amide bonds. The van der Waals surface area contributed by atoms with E-state index in [0.717, 1.165) is 18.9 Å². The summed E-state index contributed by atoms with van der Waals surface area (Å²) in [6.45, 7) is 2.90. The minimum Gasteiger partial charge on any atom is -0.477 e. The van der Waals surface area contributed by atoms with Gasteiger partial charge in [0.25, 0.3) is 5.91 Å². The van der Waals surface area contributed by atoms with Gasteiger partial charge in [0.2, 0.25) is 0 Å². The molecule has 9 heteroatoms. The van der Waals surface area contributed by atoms with E-state index in [1.54, 1.807) is 0 Å². The van der Waals surface area contributed by atoms with Gasteiger partial charge in [-0.25, -0.2) is 8.42 Å². The summed E-state index contributed by atoms with van der Waals surface area (Å²) in [6.07, 6.45) is 0.216. The molecule has 0 heterocycles. The Kier molecular flexibility index (Phi) is 5.15. The lowest BCUT2D eigenvalue weighted by molar-refractivity contribution is -0.144. The summed E-state index contributed by atoms with van der Waals surface area (Å²) in [5.41, 5.74) is -2.45. The van der Waals surface area contributed by atoms with Crippen molar-refractivity contribution in [2.24, 2.45) is 17.8 Å². The normalized spacial score (nSPS) is 32.7. The zero-order valence-electron chi connectivity index (χ0n) is 17.8. The molecule has 4 aliphatic rings. The number of rotatable bonds is 5. The number of ether oxygens (including phenoxy) is 1. The van der Waals surface area contributed by atoms with Crippen LogP contribution in [0.25, 0.3) is 0 Å². The summed E-state index contributed by atoms with van der Waals surface area (Å²) in [5.74, 6) is -0.415. The van der Waals surface area contributed by atoms with Gasteiger partial charge in [-0.3, -0.25) is 4.79 Å². The van der Waals surface area contributed by atoms with Gasteiger partial charge >= 0.3 is 6.18 Å². The van der Waals surface area contributed by atoms with Gasteiger partial charge in [-0.15, -0.1) is 0 Å². The molecule has 31 heavy (non-hydrogen) atoms. The van der Waals surface area contributed by atoms with Crippen LogP contribution in [0.5, 0.6) is 5.75 Å². The van der Waals surface area contributed by atoms with E-state index >= 15 is 0 Å². The summed E-state index contributed by atoms with van der Waals surface area (Å²) in [6, 6.07) is 4.65. The van der Waals surface area contributed by atoms with Crippen molar-refractivity contribution in [3.8, 4) is 5.75 Å². The molecule has 0 aromatic heterocycles. The van der Waals surface area contributed by atoms with E-state index in [0.29, 0.717) is 25.2 Å². The first-order valence-electron chi connectivity index (χ1n) is 10.6. The zero-order valence-corrected chi connectivity index (χ0v) is 18.6. The van der Waals surface area contributed by atoms with Crippen LogP contribution in [0.4, 0.5) is 13.2 Å². The quantitative estimate of drug-likeness (QED) is 0.723. The topological polar surface area (TPSA) is 72.5 Å². The molecule has 1 aromatic rings. The Balaban J connectivity index is 1.51. The molecule has 5 nitrogen and oxygen atoms in total. The molecule has 0 radical (unpaired) electrons. The minimum absolute atomic E-state index is 0.0585. The van der Waals surface area contributed by atoms with Crippen LogP contribution < -0.4 is 10.1 Å². The van der Waals surface area contributed by atoms with Crippen molar-refractivity contribution < 1.29 is 31.1 Å². The molecule has 4 aliphatic carbocycles. The van der Waals surface area contributed by atoms with Gasteiger partial charge in [-0.2, -0.15) is 13.2 Å². The first kappa shape index (κ1) is 22.4. The second-order valence-electron chi connectivity index (χ2n) is 10.0. The van der Waals surface area contributed by atoms with Gasteiger partial charge in [0.1, 0.15) is 5.75 Å². The van der Waals surface area contributed by atoms with Gasteiger partial charge in [-0.05, 0) is 75.8 Å². The van der Waals surface area contributed by atoms with Crippen molar-refractivity contribution in [2.45, 2.75) is 68.5 Å². The van der Waals surface area contributed by atoms with Crippen LogP contribution in [-0.2, 0) is 20.8 Å². The third kappa shape index (κ3) is 3.94. The molecule has 4 saturated carbocycles. The molecule has 1 aromatic carbocycles. The summed E-state index contributed by atoms with van der Waals surface area (Å²) >= 11 is 0. The number of hydrogen-bond acceptors (Lipinski definition) is 4. The second-order valence-corrected chi connectivity index (χ2v) is 12.4. The fraction of sp³-hybridized carbons (Fsp3) is 0.682. The fourth-order valence-corrected chi connectivity index (χ4v) is 7.65. The van der Waals surface area contributed by atoms with Crippen molar-refractivity contribution >= 4 is 15.7 Å². The maximum Gasteiger partial charge on any atom is 0.419 e. The highest BCUT2D eigenvalue weighted by Crippen LogP contribution is 2.58. The third-order valence-corrected chi connectivity index (χ3v) is 9.48. The van der Waals surface area contributed by atoms with Crippen molar-refractivity contribution in [1.82, 2.24) is 5.32 Å². The number of carbonyl (C=O) groups excluding carboxylic acids is 1. The Morgan fingerprint density at radius 1 is 1.10 bits per heavy atom. The Morgan fingerprint density at radius 2 is 1.68 bits per heavy atom. The average Bonchev–Trinajstić information content (AvgIpc) is 2.62. The molecule has 0 aliphatic heterocycles. The maximum atomic E-state index is 13.3. The number of para-hydroxylation sites is 1. The number of amides is 1. The molecule has 172 valence electrons. The van der Waals surface area contributed by atoms with E-state index in [1.165, 1.54) is 38.3 Å². The third-order valence-electron chi connectivity index (χ3n) is 7.41. The largest absolute Gasteiger partial charge is 0.477 e. The highest BCUT2D eigenvalue weighted by atomic mass is 32.2. The van der Waals surface area contributed by atoms with Gasteiger partial charge < -0.3 is 10.1 Å². The number of benzene rings is 1. The van der Waals surface area contributed by atoms with E-state index in [4.69, 9.17) is 4.74 Å². The van der Waals surface area contributed by atoms with E-state index in [9.17, 15) is 26.4 Å². The molecule has 1 N–H and O–H groups in total. The van der Waals surface area contributed by atoms with Crippen LogP contribution in [-0.4, -0.2) is 37.0 Å². The van der Waals surface area contributed by atoms with E-state index in [2.05, 4.69) is 5.32 Å². The van der Waals surface area contributed by atoms with Crippen LogP contribution in [0.15, 0.2) is 24.3 Å². The molecule has 4 bridgehead atoms. The number of nitrogens with one attached hydrogen (secondary N) is 1. The Bertz CT molecular complexity index is 973. The summed E-state index contributed by atoms with van der Waals surface area (Å²) < 4.78 is 69.7. The highest BCUT2D eigenvalue weighted by molar-refractivity contribution is 7.92. The monoisotopic (exact) mass is 459 g/mol. The van der Waals surface area contributed by atoms with Crippen molar-refractivity contribution in [3.63, 3.8) is 0 Å². The SMILES string of the molecule is CC(C)(Oc1ccccc1C(F)(F)F)C(=O)NC1C2CC3CC1CC(S(C)(=O)=O)(C3)C2. The van der Waals surface area contributed by atoms with Crippen LogP contribution in [0.1, 0.15) is 51.5 Å². The summed E-state index contributed by atoms with van der Waals surface area (Å²) in [5, 5.41) is 3.01. The Labute approximate surface area is 180 Å². The number of alkyl halides is 3. The zero-order chi connectivity index (χ0) is 22.8. The number of hydrogen-bond donors (Lipinski definition) is 1. The maximum absolute atomic E-state index is 13.3. The van der Waals surface area contributed by atoms with Crippen LogP contribution in [0, 0.1) is 17.8 Å². The number of carbonyl (C=O) groups is 1. The molecule has 2 unspecified atom stereocenters. The molecule has 5 rings (SSSR count). The minimum atomic E-state index is -4.59. The summed E-state index contributed by atoms with van der Waals surface area (Å²) in [4.78, 5) is 13.1. The molecular formula is C22H28F3NO4S. The van der Waals surface area contributed by atoms with Crippen molar-refractivity contribution in [2.75, 3.05) is 6.26 Å². The van der Waals surface area contributed by atoms with Crippen LogP contribution >= 0.6 is 0 Å². The number of sulfone groups is 1. The standard InChI is InChI=1S/C22H28F3NO4S/c1-20(2,30-17-7-5-4-6-16(17)22(23,24)25)19(27)26-18-14-8-13-9-15(18)12-21(10-13,11-14)31(3,28)29/h4-7,13-15,18H,8-12H2,1-3H3,(H,26,27). The Hall–Kier alpha value is -1.77. The van der Waals surface area contributed by atoms with Crippen LogP contribution in [0.2, 0.25) is 0 Å². The van der Waals surface area contributed by atoms with E-state index in [-0.39, 0.29) is 17.9 Å². The second kappa shape index (κ2) is 7.12. The average molecular weight is 460 g/mol. The fourth-order valence-electron chi connectivity index (χ4n) is 6.08. The van der Waals surface area contributed by atoms with Gasteiger partial charge in [-0.1, -0.05) is 12.1 Å². The van der Waals surface area contributed by atoms with Crippen molar-refractivity contribution in [1.29, 1.82) is 0 Å².